The smallest absolute Gasteiger partial charge is 0.361 e. The molecule has 0 aliphatic carbocycles. The van der Waals surface area contributed by atoms with Gasteiger partial charge in [-0.3, -0.25) is 0 Å². The van der Waals surface area contributed by atoms with Crippen LogP contribution in [-0.2, 0) is 16.0 Å². The molecule has 0 radical (unpaired) electrons. The van der Waals surface area contributed by atoms with E-state index < -0.39 is 11.6 Å². The predicted octanol–water partition coefficient (Wildman–Crippen LogP) is 2.36. The van der Waals surface area contributed by atoms with E-state index >= 15 is 0 Å². The van der Waals surface area contributed by atoms with E-state index in [1.54, 1.807) is 11.6 Å². The summed E-state index contributed by atoms with van der Waals surface area (Å²) in [6, 6.07) is 0. The summed E-state index contributed by atoms with van der Waals surface area (Å²) in [5.41, 5.74) is 0.220. The van der Waals surface area contributed by atoms with Gasteiger partial charge in [0.15, 0.2) is 5.69 Å². The molecule has 20 heavy (non-hydrogen) atoms. The number of nitrogens with zero attached hydrogens (tertiary/aromatic N) is 3. The first-order valence-electron chi connectivity index (χ1n) is 6.77. The van der Waals surface area contributed by atoms with E-state index in [-0.39, 0.29) is 11.3 Å². The maximum atomic E-state index is 12.0. The molecule has 6 heteroatoms. The van der Waals surface area contributed by atoms with Gasteiger partial charge in [-0.05, 0) is 48.5 Å². The summed E-state index contributed by atoms with van der Waals surface area (Å²) in [6.45, 7) is 14.3. The lowest BCUT2D eigenvalue weighted by molar-refractivity contribution is -0.00836. The fraction of sp³-hybridized carbons (Fsp3) is 0.786. The van der Waals surface area contributed by atoms with Gasteiger partial charge in [0.1, 0.15) is 5.60 Å². The predicted molar refractivity (Wildman–Crippen MR) is 75.6 cm³/mol. The van der Waals surface area contributed by atoms with Gasteiger partial charge in [-0.1, -0.05) is 5.21 Å². The van der Waals surface area contributed by atoms with Crippen LogP contribution in [0.2, 0.25) is 0 Å². The van der Waals surface area contributed by atoms with Crippen molar-refractivity contribution >= 4 is 5.97 Å². The van der Waals surface area contributed by atoms with Gasteiger partial charge in [0, 0.05) is 0 Å². The Bertz CT molecular complexity index is 467. The first-order valence-corrected chi connectivity index (χ1v) is 6.77. The first-order chi connectivity index (χ1) is 8.99. The summed E-state index contributed by atoms with van der Waals surface area (Å²) in [6.07, 6.45) is 0. The molecule has 0 saturated carbocycles. The summed E-state index contributed by atoms with van der Waals surface area (Å²) in [5.74, 6) is -0.446. The molecule has 0 aliphatic rings. The Kier molecular flexibility index (Phi) is 4.91. The van der Waals surface area contributed by atoms with Crippen LogP contribution in [0.1, 0.15) is 57.7 Å². The number of esters is 1. The van der Waals surface area contributed by atoms with Crippen molar-refractivity contribution in [1.82, 2.24) is 15.0 Å². The minimum Gasteiger partial charge on any atom is -0.455 e. The molecular formula is C14H25N3O3. The van der Waals surface area contributed by atoms with Gasteiger partial charge < -0.3 is 9.47 Å². The van der Waals surface area contributed by atoms with Crippen molar-refractivity contribution in [3.63, 3.8) is 0 Å². The van der Waals surface area contributed by atoms with Crippen molar-refractivity contribution in [2.75, 3.05) is 6.61 Å². The second kappa shape index (κ2) is 5.91. The Balaban J connectivity index is 2.68. The van der Waals surface area contributed by atoms with E-state index in [2.05, 4.69) is 10.3 Å². The average molecular weight is 283 g/mol. The van der Waals surface area contributed by atoms with Crippen molar-refractivity contribution in [2.45, 2.75) is 66.2 Å². The van der Waals surface area contributed by atoms with E-state index in [0.29, 0.717) is 18.8 Å². The third-order valence-electron chi connectivity index (χ3n) is 2.41. The van der Waals surface area contributed by atoms with E-state index in [0.717, 1.165) is 0 Å². The van der Waals surface area contributed by atoms with Crippen LogP contribution in [0.3, 0.4) is 0 Å². The molecule has 0 saturated heterocycles. The van der Waals surface area contributed by atoms with E-state index in [9.17, 15) is 4.79 Å². The number of aromatic nitrogens is 3. The summed E-state index contributed by atoms with van der Waals surface area (Å²) in [7, 11) is 0. The summed E-state index contributed by atoms with van der Waals surface area (Å²) < 4.78 is 12.6. The van der Waals surface area contributed by atoms with Gasteiger partial charge in [-0.15, -0.1) is 5.10 Å². The zero-order valence-electron chi connectivity index (χ0n) is 13.5. The molecule has 0 aromatic carbocycles. The molecular weight excluding hydrogens is 258 g/mol. The maximum absolute atomic E-state index is 12.0. The van der Waals surface area contributed by atoms with Crippen molar-refractivity contribution in [3.05, 3.63) is 11.4 Å². The topological polar surface area (TPSA) is 66.2 Å². The lowest BCUT2D eigenvalue weighted by Crippen LogP contribution is -2.25. The number of rotatable bonds is 4. The zero-order chi connectivity index (χ0) is 15.6. The number of hydrogen-bond acceptors (Lipinski definition) is 5. The van der Waals surface area contributed by atoms with Crippen molar-refractivity contribution in [2.24, 2.45) is 0 Å². The minimum absolute atomic E-state index is 0.192. The van der Waals surface area contributed by atoms with E-state index in [4.69, 9.17) is 9.47 Å². The van der Waals surface area contributed by atoms with Gasteiger partial charge in [-0.2, -0.15) is 0 Å². The van der Waals surface area contributed by atoms with Gasteiger partial charge in [0.25, 0.3) is 0 Å². The highest BCUT2D eigenvalue weighted by molar-refractivity contribution is 5.88. The molecule has 0 fully saturated rings. The monoisotopic (exact) mass is 283 g/mol. The Morgan fingerprint density at radius 1 is 1.15 bits per heavy atom. The molecule has 0 aliphatic heterocycles. The van der Waals surface area contributed by atoms with Crippen LogP contribution < -0.4 is 0 Å². The van der Waals surface area contributed by atoms with Crippen LogP contribution in [-0.4, -0.2) is 38.8 Å². The molecule has 0 atom stereocenters. The second-order valence-corrected chi connectivity index (χ2v) is 6.71. The summed E-state index contributed by atoms with van der Waals surface area (Å²) >= 11 is 0. The average Bonchev–Trinajstić information content (AvgIpc) is 2.56. The fourth-order valence-electron chi connectivity index (χ4n) is 1.53. The zero-order valence-corrected chi connectivity index (χ0v) is 13.5. The highest BCUT2D eigenvalue weighted by Gasteiger charge is 2.23. The highest BCUT2D eigenvalue weighted by atomic mass is 16.6. The molecule has 0 spiro atoms. The van der Waals surface area contributed by atoms with Crippen LogP contribution in [0.25, 0.3) is 0 Å². The quantitative estimate of drug-likeness (QED) is 0.794. The van der Waals surface area contributed by atoms with Gasteiger partial charge in [0.05, 0.1) is 24.4 Å². The SMILES string of the molecule is Cc1c(C(=O)OC(C)(C)C)nnn1CCOC(C)(C)C. The third kappa shape index (κ3) is 5.28. The third-order valence-corrected chi connectivity index (χ3v) is 2.41. The summed E-state index contributed by atoms with van der Waals surface area (Å²) in [4.78, 5) is 12.0. The van der Waals surface area contributed by atoms with Crippen LogP contribution in [0.5, 0.6) is 0 Å². The first kappa shape index (κ1) is 16.6. The molecule has 1 heterocycles. The van der Waals surface area contributed by atoms with E-state index in [1.165, 1.54) is 0 Å². The standard InChI is InChI=1S/C14H25N3O3/c1-10-11(12(18)20-14(5,6)7)15-16-17(10)8-9-19-13(2,3)4/h8-9H2,1-7H3. The Morgan fingerprint density at radius 2 is 1.75 bits per heavy atom. The molecule has 0 N–H and O–H groups in total. The molecule has 1 rings (SSSR count). The second-order valence-electron chi connectivity index (χ2n) is 6.71. The lowest BCUT2D eigenvalue weighted by atomic mass is 10.2. The summed E-state index contributed by atoms with van der Waals surface area (Å²) in [5, 5.41) is 7.87. The van der Waals surface area contributed by atoms with Gasteiger partial charge in [0.2, 0.25) is 0 Å². The van der Waals surface area contributed by atoms with Crippen LogP contribution in [0.15, 0.2) is 0 Å². The molecule has 0 amide bonds. The normalized spacial score (nSPS) is 12.6. The fourth-order valence-corrected chi connectivity index (χ4v) is 1.53. The minimum atomic E-state index is -0.539. The van der Waals surface area contributed by atoms with Crippen LogP contribution >= 0.6 is 0 Å². The van der Waals surface area contributed by atoms with Crippen LogP contribution in [0.4, 0.5) is 0 Å². The number of ether oxygens (including phenoxy) is 2. The Hall–Kier alpha value is -1.43. The van der Waals surface area contributed by atoms with E-state index in [1.807, 2.05) is 41.5 Å². The number of carbonyl (C=O) groups is 1. The number of carbonyl (C=O) groups excluding carboxylic acids is 1. The van der Waals surface area contributed by atoms with Crippen molar-refractivity contribution in [3.8, 4) is 0 Å². The maximum Gasteiger partial charge on any atom is 0.361 e. The molecule has 6 nitrogen and oxygen atoms in total. The molecule has 1 aromatic heterocycles. The molecule has 1 aromatic rings. The molecule has 0 unspecified atom stereocenters. The Labute approximate surface area is 120 Å². The van der Waals surface area contributed by atoms with Crippen molar-refractivity contribution < 1.29 is 14.3 Å². The lowest BCUT2D eigenvalue weighted by Gasteiger charge is -2.19. The Morgan fingerprint density at radius 3 is 2.25 bits per heavy atom. The largest absolute Gasteiger partial charge is 0.455 e. The molecule has 0 bridgehead atoms. The van der Waals surface area contributed by atoms with Crippen molar-refractivity contribution in [1.29, 1.82) is 0 Å². The van der Waals surface area contributed by atoms with Gasteiger partial charge >= 0.3 is 5.97 Å². The molecule has 114 valence electrons. The van der Waals surface area contributed by atoms with Gasteiger partial charge in [-0.25, -0.2) is 9.48 Å². The van der Waals surface area contributed by atoms with Crippen LogP contribution in [0, 0.1) is 6.92 Å². The number of hydrogen-bond donors (Lipinski definition) is 0. The highest BCUT2D eigenvalue weighted by Crippen LogP contribution is 2.13.